The number of nitrogens with zero attached hydrogens (tertiary/aromatic N) is 1. The highest BCUT2D eigenvalue weighted by molar-refractivity contribution is 5.97. The SMILES string of the molecule is N/C(CNC(=O)c1ccccc1F)=N\O. The molecule has 1 rings (SSSR count). The molecule has 15 heavy (non-hydrogen) atoms. The summed E-state index contributed by atoms with van der Waals surface area (Å²) in [4.78, 5) is 11.3. The van der Waals surface area contributed by atoms with Crippen LogP contribution in [-0.2, 0) is 0 Å². The number of hydrogen-bond donors (Lipinski definition) is 3. The van der Waals surface area contributed by atoms with Crippen molar-refractivity contribution in [1.29, 1.82) is 0 Å². The summed E-state index contributed by atoms with van der Waals surface area (Å²) in [5.41, 5.74) is 5.05. The Labute approximate surface area is 85.4 Å². The van der Waals surface area contributed by atoms with Crippen LogP contribution in [0, 0.1) is 5.82 Å². The first-order chi connectivity index (χ1) is 7.15. The Morgan fingerprint density at radius 2 is 2.20 bits per heavy atom. The first-order valence-electron chi connectivity index (χ1n) is 4.14. The van der Waals surface area contributed by atoms with E-state index in [2.05, 4.69) is 10.5 Å². The summed E-state index contributed by atoms with van der Waals surface area (Å²) in [7, 11) is 0. The number of benzene rings is 1. The third-order valence-corrected chi connectivity index (χ3v) is 1.68. The molecule has 0 unspecified atom stereocenters. The van der Waals surface area contributed by atoms with Gasteiger partial charge in [0.15, 0.2) is 5.84 Å². The highest BCUT2D eigenvalue weighted by Gasteiger charge is 2.10. The van der Waals surface area contributed by atoms with Gasteiger partial charge in [-0.1, -0.05) is 17.3 Å². The van der Waals surface area contributed by atoms with Gasteiger partial charge in [0.05, 0.1) is 12.1 Å². The van der Waals surface area contributed by atoms with Crippen LogP contribution in [-0.4, -0.2) is 23.5 Å². The lowest BCUT2D eigenvalue weighted by molar-refractivity contribution is 0.0955. The van der Waals surface area contributed by atoms with Crippen LogP contribution < -0.4 is 11.1 Å². The summed E-state index contributed by atoms with van der Waals surface area (Å²) >= 11 is 0. The van der Waals surface area contributed by atoms with Gasteiger partial charge in [-0.2, -0.15) is 0 Å². The van der Waals surface area contributed by atoms with E-state index in [0.717, 1.165) is 0 Å². The Balaban J connectivity index is 2.66. The Hall–Kier alpha value is -2.11. The fraction of sp³-hybridized carbons (Fsp3) is 0.111. The molecule has 6 heteroatoms. The summed E-state index contributed by atoms with van der Waals surface area (Å²) in [6.45, 7) is -0.135. The van der Waals surface area contributed by atoms with Gasteiger partial charge in [-0.15, -0.1) is 0 Å². The molecule has 0 aliphatic heterocycles. The van der Waals surface area contributed by atoms with Crippen molar-refractivity contribution in [3.8, 4) is 0 Å². The van der Waals surface area contributed by atoms with Gasteiger partial charge in [0, 0.05) is 0 Å². The van der Waals surface area contributed by atoms with Crippen molar-refractivity contribution < 1.29 is 14.4 Å². The average Bonchev–Trinajstić information content (AvgIpc) is 2.26. The van der Waals surface area contributed by atoms with E-state index >= 15 is 0 Å². The fourth-order valence-corrected chi connectivity index (χ4v) is 0.947. The third-order valence-electron chi connectivity index (χ3n) is 1.68. The molecule has 0 bridgehead atoms. The van der Waals surface area contributed by atoms with Gasteiger partial charge in [-0.25, -0.2) is 4.39 Å². The molecule has 1 amide bonds. The van der Waals surface area contributed by atoms with Gasteiger partial charge in [-0.3, -0.25) is 4.79 Å². The Morgan fingerprint density at radius 3 is 2.80 bits per heavy atom. The van der Waals surface area contributed by atoms with Gasteiger partial charge in [0.2, 0.25) is 0 Å². The Morgan fingerprint density at radius 1 is 1.53 bits per heavy atom. The summed E-state index contributed by atoms with van der Waals surface area (Å²) in [6.07, 6.45) is 0. The lowest BCUT2D eigenvalue weighted by Gasteiger charge is -2.04. The molecule has 0 fully saturated rings. The predicted molar refractivity (Wildman–Crippen MR) is 52.1 cm³/mol. The number of halogens is 1. The molecule has 0 spiro atoms. The molecular formula is C9H10FN3O2. The third kappa shape index (κ3) is 2.94. The molecular weight excluding hydrogens is 201 g/mol. The first kappa shape index (κ1) is 11.0. The van der Waals surface area contributed by atoms with E-state index < -0.39 is 11.7 Å². The topological polar surface area (TPSA) is 87.7 Å². The van der Waals surface area contributed by atoms with Gasteiger partial charge in [-0.05, 0) is 12.1 Å². The molecule has 0 heterocycles. The van der Waals surface area contributed by atoms with Crippen molar-refractivity contribution in [3.63, 3.8) is 0 Å². The molecule has 5 nitrogen and oxygen atoms in total. The van der Waals surface area contributed by atoms with Crippen molar-refractivity contribution in [3.05, 3.63) is 35.6 Å². The number of hydrogen-bond acceptors (Lipinski definition) is 3. The zero-order valence-corrected chi connectivity index (χ0v) is 7.77. The quantitative estimate of drug-likeness (QED) is 0.291. The summed E-state index contributed by atoms with van der Waals surface area (Å²) < 4.78 is 13.1. The zero-order chi connectivity index (χ0) is 11.3. The van der Waals surface area contributed by atoms with Gasteiger partial charge < -0.3 is 16.3 Å². The number of nitrogens with two attached hydrogens (primary N) is 1. The molecule has 0 saturated heterocycles. The Kier molecular flexibility index (Phi) is 3.61. The number of nitrogens with one attached hydrogen (secondary N) is 1. The van der Waals surface area contributed by atoms with Crippen LogP contribution in [0.15, 0.2) is 29.4 Å². The van der Waals surface area contributed by atoms with Crippen molar-refractivity contribution in [2.45, 2.75) is 0 Å². The van der Waals surface area contributed by atoms with Crippen LogP contribution in [0.25, 0.3) is 0 Å². The van der Waals surface area contributed by atoms with Gasteiger partial charge >= 0.3 is 0 Å². The van der Waals surface area contributed by atoms with E-state index in [0.29, 0.717) is 0 Å². The maximum absolute atomic E-state index is 13.1. The zero-order valence-electron chi connectivity index (χ0n) is 7.77. The first-order valence-corrected chi connectivity index (χ1v) is 4.14. The van der Waals surface area contributed by atoms with Crippen LogP contribution in [0.2, 0.25) is 0 Å². The van der Waals surface area contributed by atoms with Gasteiger partial charge in [0.1, 0.15) is 5.82 Å². The van der Waals surface area contributed by atoms with E-state index in [4.69, 9.17) is 10.9 Å². The van der Waals surface area contributed by atoms with Crippen LogP contribution in [0.3, 0.4) is 0 Å². The summed E-state index contributed by atoms with van der Waals surface area (Å²) in [5, 5.41) is 13.2. The number of carbonyl (C=O) groups is 1. The average molecular weight is 211 g/mol. The molecule has 0 atom stereocenters. The number of oxime groups is 1. The lowest BCUT2D eigenvalue weighted by Crippen LogP contribution is -2.33. The van der Waals surface area contributed by atoms with E-state index in [1.807, 2.05) is 0 Å². The minimum atomic E-state index is -0.616. The Bertz CT molecular complexity index is 393. The molecule has 0 aromatic heterocycles. The second kappa shape index (κ2) is 4.94. The molecule has 0 aliphatic carbocycles. The maximum atomic E-state index is 13.1. The second-order valence-corrected chi connectivity index (χ2v) is 2.75. The molecule has 80 valence electrons. The van der Waals surface area contributed by atoms with Crippen molar-refractivity contribution in [2.75, 3.05) is 6.54 Å². The van der Waals surface area contributed by atoms with Crippen LogP contribution in [0.1, 0.15) is 10.4 Å². The summed E-state index contributed by atoms with van der Waals surface area (Å²) in [5.74, 6) is -1.38. The molecule has 0 aliphatic rings. The van der Waals surface area contributed by atoms with Crippen LogP contribution >= 0.6 is 0 Å². The van der Waals surface area contributed by atoms with Crippen molar-refractivity contribution >= 4 is 11.7 Å². The number of carbonyl (C=O) groups excluding carboxylic acids is 1. The highest BCUT2D eigenvalue weighted by Crippen LogP contribution is 2.05. The van der Waals surface area contributed by atoms with Crippen molar-refractivity contribution in [2.24, 2.45) is 10.9 Å². The maximum Gasteiger partial charge on any atom is 0.254 e. The molecule has 0 radical (unpaired) electrons. The number of amides is 1. The van der Waals surface area contributed by atoms with E-state index in [1.165, 1.54) is 18.2 Å². The largest absolute Gasteiger partial charge is 0.409 e. The molecule has 1 aromatic rings. The lowest BCUT2D eigenvalue weighted by atomic mass is 10.2. The molecule has 0 saturated carbocycles. The molecule has 1 aromatic carbocycles. The fourth-order valence-electron chi connectivity index (χ4n) is 0.947. The number of rotatable bonds is 3. The minimum Gasteiger partial charge on any atom is -0.409 e. The van der Waals surface area contributed by atoms with E-state index in [1.54, 1.807) is 6.07 Å². The van der Waals surface area contributed by atoms with Crippen molar-refractivity contribution in [1.82, 2.24) is 5.32 Å². The smallest absolute Gasteiger partial charge is 0.254 e. The van der Waals surface area contributed by atoms with E-state index in [9.17, 15) is 9.18 Å². The minimum absolute atomic E-state index is 0.0803. The molecule has 4 N–H and O–H groups in total. The van der Waals surface area contributed by atoms with Crippen LogP contribution in [0.4, 0.5) is 4.39 Å². The highest BCUT2D eigenvalue weighted by atomic mass is 19.1. The van der Waals surface area contributed by atoms with Crippen LogP contribution in [0.5, 0.6) is 0 Å². The monoisotopic (exact) mass is 211 g/mol. The standard InChI is InChI=1S/C9H10FN3O2/c10-7-4-2-1-3-6(7)9(14)12-5-8(11)13-15/h1-4,15H,5H2,(H2,11,13)(H,12,14). The summed E-state index contributed by atoms with van der Waals surface area (Å²) in [6, 6.07) is 5.55. The predicted octanol–water partition coefficient (Wildman–Crippen LogP) is 0.302. The van der Waals surface area contributed by atoms with E-state index in [-0.39, 0.29) is 17.9 Å². The normalized spacial score (nSPS) is 11.1. The van der Waals surface area contributed by atoms with Gasteiger partial charge in [0.25, 0.3) is 5.91 Å². The second-order valence-electron chi connectivity index (χ2n) is 2.75. The number of amidine groups is 1.